The van der Waals surface area contributed by atoms with Crippen LogP contribution in [0.25, 0.3) is 0 Å². The Balaban J connectivity index is 2.39. The van der Waals surface area contributed by atoms with Crippen LogP contribution in [0.5, 0.6) is 5.75 Å². The lowest BCUT2D eigenvalue weighted by molar-refractivity contribution is 0.277. The van der Waals surface area contributed by atoms with Gasteiger partial charge in [0.1, 0.15) is 11.2 Å². The summed E-state index contributed by atoms with van der Waals surface area (Å²) in [5.74, 6) is 0.762. The van der Waals surface area contributed by atoms with Crippen molar-refractivity contribution in [3.05, 3.63) is 30.3 Å². The Kier molecular flexibility index (Phi) is 3.26. The van der Waals surface area contributed by atoms with Crippen LogP contribution in [0, 0.1) is 0 Å². The van der Waals surface area contributed by atoms with Gasteiger partial charge < -0.3 is 9.29 Å². The van der Waals surface area contributed by atoms with Crippen molar-refractivity contribution in [3.8, 4) is 5.75 Å². The van der Waals surface area contributed by atoms with E-state index in [1.807, 2.05) is 30.3 Å². The number of benzene rings is 1. The van der Waals surface area contributed by atoms with E-state index in [9.17, 15) is 0 Å². The Morgan fingerprint density at radius 1 is 1.36 bits per heavy atom. The third kappa shape index (κ3) is 3.30. The van der Waals surface area contributed by atoms with Gasteiger partial charge in [-0.25, -0.2) is 0 Å². The van der Waals surface area contributed by atoms with Gasteiger partial charge in [0.05, 0.1) is 12.0 Å². The second-order valence-electron chi connectivity index (χ2n) is 2.09. The molecule has 0 aliphatic heterocycles. The summed E-state index contributed by atoms with van der Waals surface area (Å²) >= 11 is 1.04. The van der Waals surface area contributed by atoms with E-state index in [-0.39, 0.29) is 0 Å². The molecule has 11 heavy (non-hydrogen) atoms. The Morgan fingerprint density at radius 2 is 2.00 bits per heavy atom. The molecule has 1 atom stereocenters. The van der Waals surface area contributed by atoms with E-state index in [0.29, 0.717) is 0 Å². The molecule has 1 N–H and O–H groups in total. The van der Waals surface area contributed by atoms with Crippen LogP contribution in [0.4, 0.5) is 0 Å². The molecule has 0 aromatic heterocycles. The Bertz CT molecular complexity index is 199. The summed E-state index contributed by atoms with van der Waals surface area (Å²) in [6.07, 6.45) is 0. The van der Waals surface area contributed by atoms with E-state index >= 15 is 0 Å². The van der Waals surface area contributed by atoms with Gasteiger partial charge in [0.15, 0.2) is 0 Å². The molecule has 1 aromatic rings. The third-order valence-corrected chi connectivity index (χ3v) is 1.59. The molecule has 0 radical (unpaired) electrons. The summed E-state index contributed by atoms with van der Waals surface area (Å²) in [4.78, 5) is 0. The number of aliphatic hydroxyl groups excluding tert-OH is 1. The lowest BCUT2D eigenvalue weighted by Gasteiger charge is -2.04. The van der Waals surface area contributed by atoms with Gasteiger partial charge in [-0.3, -0.25) is 0 Å². The van der Waals surface area contributed by atoms with Crippen LogP contribution in [0.15, 0.2) is 30.3 Å². The van der Waals surface area contributed by atoms with Crippen molar-refractivity contribution < 1.29 is 9.29 Å². The highest BCUT2D eigenvalue weighted by atomic mass is 32.2. The van der Waals surface area contributed by atoms with Gasteiger partial charge in [-0.1, -0.05) is 18.2 Å². The summed E-state index contributed by atoms with van der Waals surface area (Å²) in [7, 11) is 0. The zero-order valence-corrected chi connectivity index (χ0v) is 7.04. The average molecular weight is 170 g/mol. The lowest BCUT2D eigenvalue weighted by Crippen LogP contribution is -1.94. The van der Waals surface area contributed by atoms with Crippen LogP contribution in [-0.4, -0.2) is 10.5 Å². The fourth-order valence-corrected chi connectivity index (χ4v) is 0.963. The normalized spacial score (nSPS) is 12.5. The molecule has 0 heterocycles. The maximum absolute atomic E-state index is 8.85. The molecular weight excluding hydrogens is 160 g/mol. The molecule has 2 nitrogen and oxygen atoms in total. The first kappa shape index (κ1) is 8.43. The summed E-state index contributed by atoms with van der Waals surface area (Å²) in [5.41, 5.74) is -0.491. The monoisotopic (exact) mass is 170 g/mol. The van der Waals surface area contributed by atoms with Gasteiger partial charge in [-0.15, -0.1) is 0 Å². The second kappa shape index (κ2) is 4.26. The Morgan fingerprint density at radius 3 is 2.55 bits per heavy atom. The molecule has 0 aliphatic rings. The van der Waals surface area contributed by atoms with E-state index in [4.69, 9.17) is 9.29 Å². The Hall–Kier alpha value is -0.670. The first-order valence-corrected chi connectivity index (χ1v) is 4.16. The van der Waals surface area contributed by atoms with E-state index in [2.05, 4.69) is 0 Å². The van der Waals surface area contributed by atoms with Crippen LogP contribution < -0.4 is 4.18 Å². The van der Waals surface area contributed by atoms with Crippen LogP contribution in [0.3, 0.4) is 0 Å². The van der Waals surface area contributed by atoms with Crippen molar-refractivity contribution >= 4 is 12.0 Å². The van der Waals surface area contributed by atoms with E-state index in [1.165, 1.54) is 0 Å². The maximum atomic E-state index is 8.85. The van der Waals surface area contributed by atoms with Crippen LogP contribution in [0.2, 0.25) is 0 Å². The molecule has 3 heteroatoms. The summed E-state index contributed by atoms with van der Waals surface area (Å²) < 4.78 is 5.13. The molecule has 1 unspecified atom stereocenters. The minimum Gasteiger partial charge on any atom is -0.423 e. The van der Waals surface area contributed by atoms with Crippen molar-refractivity contribution in [2.24, 2.45) is 0 Å². The molecule has 0 fully saturated rings. The van der Waals surface area contributed by atoms with Gasteiger partial charge in [-0.2, -0.15) is 0 Å². The minimum absolute atomic E-state index is 0.491. The van der Waals surface area contributed by atoms with Crippen molar-refractivity contribution in [2.45, 2.75) is 12.4 Å². The first-order valence-electron chi connectivity index (χ1n) is 3.35. The zero-order chi connectivity index (χ0) is 8.10. The molecular formula is C8H10O2S. The molecule has 1 rings (SSSR count). The average Bonchev–Trinajstić information content (AvgIpc) is 2.03. The van der Waals surface area contributed by atoms with Gasteiger partial charge >= 0.3 is 0 Å². The summed E-state index contributed by atoms with van der Waals surface area (Å²) in [5, 5.41) is 8.85. The fourth-order valence-electron chi connectivity index (χ4n) is 0.601. The number of para-hydroxylation sites is 1. The SMILES string of the molecule is CC(O)SOc1ccccc1. The number of aliphatic hydroxyl groups is 1. The van der Waals surface area contributed by atoms with Gasteiger partial charge in [0.25, 0.3) is 0 Å². The number of hydrogen-bond donors (Lipinski definition) is 1. The van der Waals surface area contributed by atoms with Gasteiger partial charge in [0, 0.05) is 0 Å². The molecule has 0 saturated heterocycles. The summed E-state index contributed by atoms with van der Waals surface area (Å²) in [6, 6.07) is 9.38. The van der Waals surface area contributed by atoms with Crippen molar-refractivity contribution in [1.82, 2.24) is 0 Å². The highest BCUT2D eigenvalue weighted by molar-refractivity contribution is 7.95. The quantitative estimate of drug-likeness (QED) is 0.556. The highest BCUT2D eigenvalue weighted by Crippen LogP contribution is 2.17. The predicted molar refractivity (Wildman–Crippen MR) is 46.3 cm³/mol. The van der Waals surface area contributed by atoms with Crippen molar-refractivity contribution in [3.63, 3.8) is 0 Å². The number of hydrogen-bond acceptors (Lipinski definition) is 3. The van der Waals surface area contributed by atoms with Crippen molar-refractivity contribution in [1.29, 1.82) is 0 Å². The molecule has 0 amide bonds. The predicted octanol–water partition coefficient (Wildman–Crippen LogP) is 2.05. The maximum Gasteiger partial charge on any atom is 0.137 e. The van der Waals surface area contributed by atoms with E-state index in [1.54, 1.807) is 6.92 Å². The van der Waals surface area contributed by atoms with E-state index in [0.717, 1.165) is 17.8 Å². The number of rotatable bonds is 3. The molecule has 1 aromatic carbocycles. The molecule has 0 bridgehead atoms. The molecule has 0 aliphatic carbocycles. The standard InChI is InChI=1S/C8H10O2S/c1-7(9)11-10-8-5-3-2-4-6-8/h2-7,9H,1H3. The smallest absolute Gasteiger partial charge is 0.137 e. The topological polar surface area (TPSA) is 29.5 Å². The molecule has 0 spiro atoms. The van der Waals surface area contributed by atoms with Crippen LogP contribution in [0.1, 0.15) is 6.92 Å². The van der Waals surface area contributed by atoms with Crippen LogP contribution >= 0.6 is 12.0 Å². The second-order valence-corrected chi connectivity index (χ2v) is 3.13. The highest BCUT2D eigenvalue weighted by Gasteiger charge is 1.97. The first-order chi connectivity index (χ1) is 5.29. The fraction of sp³-hybridized carbons (Fsp3) is 0.250. The Labute approximate surface area is 70.4 Å². The molecule has 60 valence electrons. The van der Waals surface area contributed by atoms with E-state index < -0.39 is 5.44 Å². The zero-order valence-electron chi connectivity index (χ0n) is 6.23. The van der Waals surface area contributed by atoms with Crippen LogP contribution in [-0.2, 0) is 0 Å². The van der Waals surface area contributed by atoms with Gasteiger partial charge in [-0.05, 0) is 19.1 Å². The molecule has 0 saturated carbocycles. The van der Waals surface area contributed by atoms with Gasteiger partial charge in [0.2, 0.25) is 0 Å². The minimum atomic E-state index is -0.491. The largest absolute Gasteiger partial charge is 0.423 e. The lowest BCUT2D eigenvalue weighted by atomic mass is 10.3. The third-order valence-electron chi connectivity index (χ3n) is 1.03. The summed E-state index contributed by atoms with van der Waals surface area (Å²) in [6.45, 7) is 1.66. The van der Waals surface area contributed by atoms with Crippen molar-refractivity contribution in [2.75, 3.05) is 0 Å².